The van der Waals surface area contributed by atoms with E-state index in [-0.39, 0.29) is 27.0 Å². The van der Waals surface area contributed by atoms with Gasteiger partial charge >= 0.3 is 11.9 Å². The van der Waals surface area contributed by atoms with E-state index in [4.69, 9.17) is 23.2 Å². The number of aliphatic carboxylic acids is 2. The molecule has 3 rings (SSSR count). The maximum absolute atomic E-state index is 13.0. The van der Waals surface area contributed by atoms with E-state index in [1.807, 2.05) is 0 Å². The molecule has 2 aromatic rings. The van der Waals surface area contributed by atoms with E-state index in [1.165, 1.54) is 42.5 Å². The maximum atomic E-state index is 13.0. The molecule has 1 fully saturated rings. The van der Waals surface area contributed by atoms with Gasteiger partial charge in [-0.25, -0.2) is 13.2 Å². The van der Waals surface area contributed by atoms with E-state index in [9.17, 15) is 33.0 Å². The van der Waals surface area contributed by atoms with Crippen LogP contribution in [-0.4, -0.2) is 42.5 Å². The highest BCUT2D eigenvalue weighted by Crippen LogP contribution is 2.56. The first-order chi connectivity index (χ1) is 17.1. The molecule has 3 atom stereocenters. The molecular weight excluding hydrogens is 543 g/mol. The molecule has 1 saturated carbocycles. The Labute approximate surface area is 225 Å². The van der Waals surface area contributed by atoms with E-state index in [2.05, 4.69) is 10.0 Å². The number of hydrogen-bond acceptors (Lipinski definition) is 5. The quantitative estimate of drug-likeness (QED) is 0.348. The van der Waals surface area contributed by atoms with Gasteiger partial charge in [-0.05, 0) is 55.0 Å². The number of hydrogen-bond donors (Lipinski definition) is 4. The van der Waals surface area contributed by atoms with Crippen LogP contribution in [0.5, 0.6) is 0 Å². The second-order valence-corrected chi connectivity index (χ2v) is 12.3. The summed E-state index contributed by atoms with van der Waals surface area (Å²) in [6.45, 7) is 5.03. The van der Waals surface area contributed by atoms with Gasteiger partial charge in [-0.1, -0.05) is 55.2 Å². The third-order valence-corrected chi connectivity index (χ3v) is 9.80. The van der Waals surface area contributed by atoms with Gasteiger partial charge in [-0.2, -0.15) is 0 Å². The third-order valence-electron chi connectivity index (χ3n) is 7.46. The van der Waals surface area contributed by atoms with Crippen LogP contribution in [0.1, 0.15) is 39.2 Å². The first-order valence-corrected chi connectivity index (χ1v) is 13.7. The highest BCUT2D eigenvalue weighted by Gasteiger charge is 2.58. The molecule has 0 heterocycles. The molecule has 37 heavy (non-hydrogen) atoms. The smallest absolute Gasteiger partial charge is 0.326 e. The predicted octanol–water partition coefficient (Wildman–Crippen LogP) is 4.43. The Hall–Kier alpha value is -2.82. The highest BCUT2D eigenvalue weighted by molar-refractivity contribution is 7.93. The van der Waals surface area contributed by atoms with E-state index in [0.717, 1.165) is 0 Å². The number of carboxylic acids is 2. The van der Waals surface area contributed by atoms with Gasteiger partial charge in [0.05, 0.1) is 15.5 Å². The summed E-state index contributed by atoms with van der Waals surface area (Å²) in [6, 6.07) is 9.05. The number of carbonyl (C=O) groups is 3. The summed E-state index contributed by atoms with van der Waals surface area (Å²) in [5.41, 5.74) is -1.25. The predicted molar refractivity (Wildman–Crippen MR) is 139 cm³/mol. The van der Waals surface area contributed by atoms with Gasteiger partial charge in [0.15, 0.2) is 0 Å². The van der Waals surface area contributed by atoms with Gasteiger partial charge in [0.25, 0.3) is 10.0 Å². The lowest BCUT2D eigenvalue weighted by atomic mass is 9.65. The summed E-state index contributed by atoms with van der Waals surface area (Å²) >= 11 is 12.0. The van der Waals surface area contributed by atoms with Crippen molar-refractivity contribution in [2.45, 2.75) is 51.0 Å². The number of benzene rings is 2. The van der Waals surface area contributed by atoms with Gasteiger partial charge in [-0.15, -0.1) is 0 Å². The number of amides is 1. The van der Waals surface area contributed by atoms with Crippen LogP contribution in [0.4, 0.5) is 5.69 Å². The molecular formula is C25H28Cl2N2O7S. The summed E-state index contributed by atoms with van der Waals surface area (Å²) in [5.74, 6) is -3.41. The average Bonchev–Trinajstić information content (AvgIpc) is 3.03. The van der Waals surface area contributed by atoms with E-state index >= 15 is 0 Å². The van der Waals surface area contributed by atoms with Gasteiger partial charge in [0.2, 0.25) is 5.91 Å². The van der Waals surface area contributed by atoms with Gasteiger partial charge in [-0.3, -0.25) is 14.3 Å². The molecule has 0 aliphatic heterocycles. The first-order valence-electron chi connectivity index (χ1n) is 11.4. The van der Waals surface area contributed by atoms with Gasteiger partial charge in [0, 0.05) is 18.0 Å². The largest absolute Gasteiger partial charge is 0.481 e. The van der Waals surface area contributed by atoms with Gasteiger partial charge < -0.3 is 15.5 Å². The number of carboxylic acid groups (broad SMARTS) is 2. The SMILES string of the molecule is CC1(C(=O)O)CCC(C(=O)N[C@@H](Cc2ccc(NS(=O)(=O)c3c(Cl)cccc3Cl)cc2)C(=O)O)C1(C)C. The van der Waals surface area contributed by atoms with Crippen LogP contribution in [0, 0.1) is 16.7 Å². The van der Waals surface area contributed by atoms with Crippen molar-refractivity contribution in [3.05, 3.63) is 58.1 Å². The number of rotatable bonds is 9. The van der Waals surface area contributed by atoms with Crippen molar-refractivity contribution in [1.29, 1.82) is 0 Å². The molecule has 1 amide bonds. The standard InChI is InChI=1S/C25H28Cl2N2O7S/c1-24(2)16(11-12-25(24,3)23(33)34)21(30)28-19(22(31)32)13-14-7-9-15(10-8-14)29-37(35,36)20-17(26)5-4-6-18(20)27/h4-10,16,19,29H,11-13H2,1-3H3,(H,28,30)(H,31,32)(H,33,34)/t16?,19-,25?/m0/s1. The maximum Gasteiger partial charge on any atom is 0.326 e. The fourth-order valence-corrected chi connectivity index (χ4v) is 6.91. The topological polar surface area (TPSA) is 150 Å². The summed E-state index contributed by atoms with van der Waals surface area (Å²) in [5, 5.41) is 21.9. The molecule has 4 N–H and O–H groups in total. The Kier molecular flexibility index (Phi) is 8.16. The third kappa shape index (κ3) is 5.71. The lowest BCUT2D eigenvalue weighted by Gasteiger charge is -2.38. The molecule has 1 aliphatic rings. The zero-order valence-electron chi connectivity index (χ0n) is 20.4. The van der Waals surface area contributed by atoms with E-state index in [1.54, 1.807) is 20.8 Å². The van der Waals surface area contributed by atoms with Gasteiger partial charge in [0.1, 0.15) is 10.9 Å². The highest BCUT2D eigenvalue weighted by atomic mass is 35.5. The van der Waals surface area contributed by atoms with E-state index in [0.29, 0.717) is 18.4 Å². The molecule has 2 aromatic carbocycles. The van der Waals surface area contributed by atoms with Crippen LogP contribution in [0.15, 0.2) is 47.4 Å². The fourth-order valence-electron chi connectivity index (χ4n) is 4.70. The van der Waals surface area contributed by atoms with Crippen LogP contribution in [-0.2, 0) is 30.8 Å². The molecule has 9 nitrogen and oxygen atoms in total. The molecule has 0 bridgehead atoms. The minimum absolute atomic E-state index is 0.0363. The lowest BCUT2D eigenvalue weighted by Crippen LogP contribution is -2.49. The van der Waals surface area contributed by atoms with Crippen LogP contribution in [0.25, 0.3) is 0 Å². The fraction of sp³-hybridized carbons (Fsp3) is 0.400. The van der Waals surface area contributed by atoms with Crippen molar-refractivity contribution in [2.24, 2.45) is 16.7 Å². The number of halogens is 2. The zero-order valence-corrected chi connectivity index (χ0v) is 22.7. The average molecular weight is 571 g/mol. The Morgan fingerprint density at radius 1 is 1.03 bits per heavy atom. The summed E-state index contributed by atoms with van der Waals surface area (Å²) in [6.07, 6.45) is 0.577. The van der Waals surface area contributed by atoms with Crippen LogP contribution < -0.4 is 10.0 Å². The summed E-state index contributed by atoms with van der Waals surface area (Å²) in [7, 11) is -4.08. The molecule has 12 heteroatoms. The Bertz CT molecular complexity index is 1310. The minimum Gasteiger partial charge on any atom is -0.481 e. The number of carbonyl (C=O) groups excluding carboxylic acids is 1. The Morgan fingerprint density at radius 3 is 2.08 bits per heavy atom. The zero-order chi connectivity index (χ0) is 27.8. The van der Waals surface area contributed by atoms with Crippen molar-refractivity contribution in [3.63, 3.8) is 0 Å². The first kappa shape index (κ1) is 28.7. The van der Waals surface area contributed by atoms with Crippen LogP contribution in [0.2, 0.25) is 10.0 Å². The molecule has 1 aliphatic carbocycles. The van der Waals surface area contributed by atoms with Crippen LogP contribution in [0.3, 0.4) is 0 Å². The number of anilines is 1. The van der Waals surface area contributed by atoms with Crippen LogP contribution >= 0.6 is 23.2 Å². The lowest BCUT2D eigenvalue weighted by molar-refractivity contribution is -0.155. The second-order valence-electron chi connectivity index (χ2n) is 9.91. The molecule has 200 valence electrons. The van der Waals surface area contributed by atoms with Crippen molar-refractivity contribution in [2.75, 3.05) is 4.72 Å². The Balaban J connectivity index is 1.72. The Morgan fingerprint density at radius 2 is 1.59 bits per heavy atom. The van der Waals surface area contributed by atoms with Crippen molar-refractivity contribution >= 4 is 56.8 Å². The van der Waals surface area contributed by atoms with Crippen molar-refractivity contribution in [3.8, 4) is 0 Å². The summed E-state index contributed by atoms with van der Waals surface area (Å²) in [4.78, 5) is 36.5. The van der Waals surface area contributed by atoms with E-state index < -0.39 is 50.7 Å². The van der Waals surface area contributed by atoms with Crippen molar-refractivity contribution in [1.82, 2.24) is 5.32 Å². The second kappa shape index (κ2) is 10.5. The normalized spacial score (nSPS) is 21.7. The number of sulfonamides is 1. The minimum atomic E-state index is -4.08. The molecule has 0 radical (unpaired) electrons. The monoisotopic (exact) mass is 570 g/mol. The molecule has 0 saturated heterocycles. The number of nitrogens with one attached hydrogen (secondary N) is 2. The van der Waals surface area contributed by atoms with Crippen molar-refractivity contribution < 1.29 is 33.0 Å². The molecule has 2 unspecified atom stereocenters. The molecule has 0 spiro atoms. The summed E-state index contributed by atoms with van der Waals surface area (Å²) < 4.78 is 27.9. The molecule has 0 aromatic heterocycles.